The van der Waals surface area contributed by atoms with E-state index < -0.39 is 0 Å². The molecule has 0 radical (unpaired) electrons. The second-order valence-electron chi connectivity index (χ2n) is 7.51. The van der Waals surface area contributed by atoms with E-state index in [1.165, 1.54) is 44.9 Å². The van der Waals surface area contributed by atoms with Crippen LogP contribution in [0.2, 0.25) is 0 Å². The molecule has 3 atom stereocenters. The van der Waals surface area contributed by atoms with Crippen LogP contribution in [0.4, 0.5) is 0 Å². The molecular formula is C16H31N. The Balaban J connectivity index is 1.83. The highest BCUT2D eigenvalue weighted by molar-refractivity contribution is 4.93. The summed E-state index contributed by atoms with van der Waals surface area (Å²) in [7, 11) is 0. The van der Waals surface area contributed by atoms with Crippen molar-refractivity contribution < 1.29 is 0 Å². The van der Waals surface area contributed by atoms with Crippen LogP contribution in [0, 0.1) is 17.3 Å². The Labute approximate surface area is 108 Å². The molecule has 0 saturated heterocycles. The van der Waals surface area contributed by atoms with Crippen molar-refractivity contribution in [2.24, 2.45) is 17.3 Å². The summed E-state index contributed by atoms with van der Waals surface area (Å²) in [5, 5.41) is 3.95. The molecule has 0 bridgehead atoms. The fourth-order valence-electron chi connectivity index (χ4n) is 4.22. The van der Waals surface area contributed by atoms with Gasteiger partial charge >= 0.3 is 0 Å². The number of hydrogen-bond donors (Lipinski definition) is 1. The van der Waals surface area contributed by atoms with E-state index in [1.807, 2.05) is 0 Å². The molecule has 0 spiro atoms. The molecular weight excluding hydrogens is 206 g/mol. The van der Waals surface area contributed by atoms with Gasteiger partial charge < -0.3 is 5.32 Å². The minimum Gasteiger partial charge on any atom is -0.311 e. The first-order valence-corrected chi connectivity index (χ1v) is 7.74. The fourth-order valence-corrected chi connectivity index (χ4v) is 4.22. The van der Waals surface area contributed by atoms with Gasteiger partial charge in [0.2, 0.25) is 0 Å². The number of rotatable bonds is 3. The van der Waals surface area contributed by atoms with Gasteiger partial charge in [0.15, 0.2) is 0 Å². The molecule has 0 aromatic rings. The summed E-state index contributed by atoms with van der Waals surface area (Å²) in [5.41, 5.74) is 0.559. The first kappa shape index (κ1) is 13.4. The SMILES string of the molecule is CC1CC(C)(C)CC1N[C@@H](C)C1CCCCC1. The molecule has 0 aliphatic heterocycles. The molecule has 2 aliphatic carbocycles. The van der Waals surface area contributed by atoms with Crippen LogP contribution in [-0.2, 0) is 0 Å². The molecule has 1 heteroatoms. The third kappa shape index (κ3) is 3.47. The lowest BCUT2D eigenvalue weighted by Gasteiger charge is -2.32. The number of hydrogen-bond acceptors (Lipinski definition) is 1. The Bertz CT molecular complexity index is 240. The van der Waals surface area contributed by atoms with Crippen molar-refractivity contribution in [2.75, 3.05) is 0 Å². The van der Waals surface area contributed by atoms with Gasteiger partial charge in [-0.2, -0.15) is 0 Å². The van der Waals surface area contributed by atoms with Gasteiger partial charge in [0, 0.05) is 12.1 Å². The molecule has 1 N–H and O–H groups in total. The van der Waals surface area contributed by atoms with E-state index in [0.29, 0.717) is 5.41 Å². The lowest BCUT2D eigenvalue weighted by Crippen LogP contribution is -2.43. The van der Waals surface area contributed by atoms with Crippen molar-refractivity contribution in [1.82, 2.24) is 5.32 Å². The van der Waals surface area contributed by atoms with E-state index in [1.54, 1.807) is 0 Å². The van der Waals surface area contributed by atoms with E-state index in [4.69, 9.17) is 0 Å². The van der Waals surface area contributed by atoms with E-state index in [-0.39, 0.29) is 0 Å². The van der Waals surface area contributed by atoms with Crippen LogP contribution in [0.15, 0.2) is 0 Å². The summed E-state index contributed by atoms with van der Waals surface area (Å²) in [6.45, 7) is 9.71. The maximum Gasteiger partial charge on any atom is 0.0101 e. The lowest BCUT2D eigenvalue weighted by molar-refractivity contribution is 0.248. The second-order valence-corrected chi connectivity index (χ2v) is 7.51. The normalized spacial score (nSPS) is 36.0. The Morgan fingerprint density at radius 2 is 1.71 bits per heavy atom. The van der Waals surface area contributed by atoms with Gasteiger partial charge in [-0.1, -0.05) is 40.0 Å². The molecule has 2 rings (SSSR count). The average Bonchev–Trinajstić information content (AvgIpc) is 2.53. The van der Waals surface area contributed by atoms with Crippen LogP contribution in [0.5, 0.6) is 0 Å². The van der Waals surface area contributed by atoms with Crippen LogP contribution in [0.25, 0.3) is 0 Å². The van der Waals surface area contributed by atoms with Crippen molar-refractivity contribution >= 4 is 0 Å². The van der Waals surface area contributed by atoms with E-state index in [2.05, 4.69) is 33.0 Å². The Morgan fingerprint density at radius 3 is 2.24 bits per heavy atom. The molecule has 2 fully saturated rings. The van der Waals surface area contributed by atoms with Gasteiger partial charge in [0.05, 0.1) is 0 Å². The van der Waals surface area contributed by atoms with Gasteiger partial charge in [-0.3, -0.25) is 0 Å². The van der Waals surface area contributed by atoms with Crippen molar-refractivity contribution in [1.29, 1.82) is 0 Å². The maximum atomic E-state index is 3.95. The van der Waals surface area contributed by atoms with Gasteiger partial charge in [-0.05, 0) is 49.9 Å². The molecule has 0 amide bonds. The highest BCUT2D eigenvalue weighted by Crippen LogP contribution is 2.41. The summed E-state index contributed by atoms with van der Waals surface area (Å²) in [5.74, 6) is 1.80. The van der Waals surface area contributed by atoms with Crippen LogP contribution < -0.4 is 5.32 Å². The smallest absolute Gasteiger partial charge is 0.0101 e. The summed E-state index contributed by atoms with van der Waals surface area (Å²) >= 11 is 0. The maximum absolute atomic E-state index is 3.95. The molecule has 2 aliphatic rings. The molecule has 0 heterocycles. The van der Waals surface area contributed by atoms with Crippen LogP contribution in [0.3, 0.4) is 0 Å². The second kappa shape index (κ2) is 5.30. The summed E-state index contributed by atoms with van der Waals surface area (Å²) in [6.07, 6.45) is 10.1. The largest absolute Gasteiger partial charge is 0.311 e. The monoisotopic (exact) mass is 237 g/mol. The first-order chi connectivity index (χ1) is 7.98. The Kier molecular flexibility index (Phi) is 4.18. The van der Waals surface area contributed by atoms with E-state index in [9.17, 15) is 0 Å². The third-order valence-corrected chi connectivity index (χ3v) is 5.17. The summed E-state index contributed by atoms with van der Waals surface area (Å²) < 4.78 is 0. The van der Waals surface area contributed by atoms with Crippen LogP contribution in [-0.4, -0.2) is 12.1 Å². The van der Waals surface area contributed by atoms with Gasteiger partial charge in [0.1, 0.15) is 0 Å². The van der Waals surface area contributed by atoms with Gasteiger partial charge in [-0.25, -0.2) is 0 Å². The van der Waals surface area contributed by atoms with E-state index in [0.717, 1.165) is 23.9 Å². The molecule has 100 valence electrons. The van der Waals surface area contributed by atoms with Crippen LogP contribution in [0.1, 0.15) is 72.6 Å². The molecule has 17 heavy (non-hydrogen) atoms. The Morgan fingerprint density at radius 1 is 1.06 bits per heavy atom. The first-order valence-electron chi connectivity index (χ1n) is 7.74. The lowest BCUT2D eigenvalue weighted by atomic mass is 9.84. The molecule has 2 saturated carbocycles. The summed E-state index contributed by atoms with van der Waals surface area (Å²) in [6, 6.07) is 1.50. The van der Waals surface area contributed by atoms with Crippen molar-refractivity contribution in [3.05, 3.63) is 0 Å². The molecule has 1 nitrogen and oxygen atoms in total. The zero-order chi connectivity index (χ0) is 12.5. The zero-order valence-corrected chi connectivity index (χ0v) is 12.3. The molecule has 2 unspecified atom stereocenters. The van der Waals surface area contributed by atoms with Crippen molar-refractivity contribution in [3.63, 3.8) is 0 Å². The fraction of sp³-hybridized carbons (Fsp3) is 1.00. The molecule has 0 aromatic heterocycles. The quantitative estimate of drug-likeness (QED) is 0.768. The highest BCUT2D eigenvalue weighted by Gasteiger charge is 2.37. The van der Waals surface area contributed by atoms with Gasteiger partial charge in [-0.15, -0.1) is 0 Å². The predicted octanol–water partition coefficient (Wildman–Crippen LogP) is 4.37. The predicted molar refractivity (Wildman–Crippen MR) is 75.1 cm³/mol. The molecule has 0 aromatic carbocycles. The van der Waals surface area contributed by atoms with Crippen molar-refractivity contribution in [3.8, 4) is 0 Å². The topological polar surface area (TPSA) is 12.0 Å². The standard InChI is InChI=1S/C16H31N/c1-12-10-16(3,4)11-15(12)17-13(2)14-8-6-5-7-9-14/h12-15,17H,5-11H2,1-4H3/t12?,13-,15?/m0/s1. The zero-order valence-electron chi connectivity index (χ0n) is 12.3. The average molecular weight is 237 g/mol. The highest BCUT2D eigenvalue weighted by atomic mass is 15.0. The number of nitrogens with one attached hydrogen (secondary N) is 1. The minimum absolute atomic E-state index is 0.559. The Hall–Kier alpha value is -0.0400. The van der Waals surface area contributed by atoms with E-state index >= 15 is 0 Å². The minimum atomic E-state index is 0.559. The summed E-state index contributed by atoms with van der Waals surface area (Å²) in [4.78, 5) is 0. The van der Waals surface area contributed by atoms with Crippen molar-refractivity contribution in [2.45, 2.75) is 84.7 Å². The van der Waals surface area contributed by atoms with Crippen LogP contribution >= 0.6 is 0 Å². The third-order valence-electron chi connectivity index (χ3n) is 5.17. The van der Waals surface area contributed by atoms with Gasteiger partial charge in [0.25, 0.3) is 0 Å².